The molecule has 2 rings (SSSR count). The summed E-state index contributed by atoms with van der Waals surface area (Å²) in [6, 6.07) is 0. The van der Waals surface area contributed by atoms with Crippen LogP contribution in [0.5, 0.6) is 0 Å². The van der Waals surface area contributed by atoms with Gasteiger partial charge in [-0.2, -0.15) is 0 Å². The molecule has 0 aliphatic heterocycles. The van der Waals surface area contributed by atoms with Gasteiger partial charge in [-0.1, -0.05) is 37.5 Å². The lowest BCUT2D eigenvalue weighted by Gasteiger charge is -2.24. The van der Waals surface area contributed by atoms with Crippen LogP contribution in [0.3, 0.4) is 0 Å². The zero-order chi connectivity index (χ0) is 13.8. The van der Waals surface area contributed by atoms with Gasteiger partial charge in [0.1, 0.15) is 13.2 Å². The fraction of sp³-hybridized carbons (Fsp3) is 0.467. The van der Waals surface area contributed by atoms with Gasteiger partial charge in [-0.3, -0.25) is 9.59 Å². The van der Waals surface area contributed by atoms with Gasteiger partial charge in [0.15, 0.2) is 0 Å². The van der Waals surface area contributed by atoms with Gasteiger partial charge >= 0.3 is 11.9 Å². The van der Waals surface area contributed by atoms with Crippen LogP contribution in [0, 0.1) is 23.7 Å². The molecule has 2 bridgehead atoms. The smallest absolute Gasteiger partial charge is 0.310 e. The van der Waals surface area contributed by atoms with E-state index in [0.29, 0.717) is 0 Å². The summed E-state index contributed by atoms with van der Waals surface area (Å²) in [6.45, 7) is 7.36. The highest BCUT2D eigenvalue weighted by Crippen LogP contribution is 2.48. The maximum Gasteiger partial charge on any atom is 0.310 e. The van der Waals surface area contributed by atoms with E-state index in [1.165, 1.54) is 12.2 Å². The average molecular weight is 262 g/mol. The van der Waals surface area contributed by atoms with Gasteiger partial charge in [-0.25, -0.2) is 0 Å². The highest BCUT2D eigenvalue weighted by molar-refractivity contribution is 5.84. The van der Waals surface area contributed by atoms with Crippen molar-refractivity contribution in [2.24, 2.45) is 23.7 Å². The predicted octanol–water partition coefficient (Wildman–Crippen LogP) is 1.88. The van der Waals surface area contributed by atoms with E-state index in [9.17, 15) is 9.59 Å². The molecule has 0 amide bonds. The number of hydrogen-bond acceptors (Lipinski definition) is 4. The SMILES string of the molecule is C=CCOC(=O)[C@@H]1[C@@H](C(=O)OCC=C)[C@H]2C=C[C@H]1C2. The van der Waals surface area contributed by atoms with Crippen LogP contribution in [-0.4, -0.2) is 25.2 Å². The molecule has 0 aromatic heterocycles. The summed E-state index contributed by atoms with van der Waals surface area (Å²) in [4.78, 5) is 24.1. The first-order chi connectivity index (χ1) is 9.19. The molecule has 19 heavy (non-hydrogen) atoms. The molecule has 0 radical (unpaired) electrons. The zero-order valence-electron chi connectivity index (χ0n) is 10.8. The lowest BCUT2D eigenvalue weighted by Crippen LogP contribution is -2.35. The number of carbonyl (C=O) groups excluding carboxylic acids is 2. The van der Waals surface area contributed by atoms with E-state index >= 15 is 0 Å². The third-order valence-electron chi connectivity index (χ3n) is 3.69. The Morgan fingerprint density at radius 3 is 1.79 bits per heavy atom. The van der Waals surface area contributed by atoms with Crippen molar-refractivity contribution in [3.05, 3.63) is 37.5 Å². The molecule has 0 N–H and O–H groups in total. The maximum atomic E-state index is 12.1. The van der Waals surface area contributed by atoms with Crippen molar-refractivity contribution in [3.63, 3.8) is 0 Å². The standard InChI is InChI=1S/C15H18O4/c1-3-7-18-14(16)12-10-5-6-11(9-10)13(12)15(17)19-8-4-2/h3-6,10-13H,1-2,7-9H2/t10-,11-,12-,13-/m0/s1. The van der Waals surface area contributed by atoms with Crippen LogP contribution < -0.4 is 0 Å². The van der Waals surface area contributed by atoms with E-state index in [2.05, 4.69) is 13.2 Å². The summed E-state index contributed by atoms with van der Waals surface area (Å²) in [5.74, 6) is -1.35. The lowest BCUT2D eigenvalue weighted by molar-refractivity contribution is -0.160. The second kappa shape index (κ2) is 5.87. The molecule has 0 heterocycles. The molecule has 1 fully saturated rings. The Morgan fingerprint density at radius 2 is 1.42 bits per heavy atom. The van der Waals surface area contributed by atoms with Crippen molar-refractivity contribution in [1.29, 1.82) is 0 Å². The van der Waals surface area contributed by atoms with E-state index < -0.39 is 11.8 Å². The van der Waals surface area contributed by atoms with E-state index in [4.69, 9.17) is 9.47 Å². The number of fused-ring (bicyclic) bond motifs is 2. The second-order valence-corrected chi connectivity index (χ2v) is 4.84. The third kappa shape index (κ3) is 2.62. The molecule has 1 saturated carbocycles. The number of allylic oxidation sites excluding steroid dienone is 2. The van der Waals surface area contributed by atoms with Crippen LogP contribution in [-0.2, 0) is 19.1 Å². The summed E-state index contributed by atoms with van der Waals surface area (Å²) in [5.41, 5.74) is 0. The topological polar surface area (TPSA) is 52.6 Å². The highest BCUT2D eigenvalue weighted by Gasteiger charge is 2.52. The Labute approximate surface area is 112 Å². The predicted molar refractivity (Wildman–Crippen MR) is 70.0 cm³/mol. The largest absolute Gasteiger partial charge is 0.461 e. The first-order valence-electron chi connectivity index (χ1n) is 6.42. The second-order valence-electron chi connectivity index (χ2n) is 4.84. The van der Waals surface area contributed by atoms with Gasteiger partial charge in [-0.05, 0) is 18.3 Å². The van der Waals surface area contributed by atoms with Crippen LogP contribution in [0.15, 0.2) is 37.5 Å². The number of hydrogen-bond donors (Lipinski definition) is 0. The Hall–Kier alpha value is -1.84. The molecular weight excluding hydrogens is 244 g/mol. The molecule has 102 valence electrons. The lowest BCUT2D eigenvalue weighted by atomic mass is 9.83. The van der Waals surface area contributed by atoms with Crippen LogP contribution in [0.25, 0.3) is 0 Å². The number of esters is 2. The number of rotatable bonds is 6. The number of ether oxygens (including phenoxy) is 2. The van der Waals surface area contributed by atoms with E-state index in [-0.39, 0.29) is 37.0 Å². The quantitative estimate of drug-likeness (QED) is 0.542. The molecule has 4 heteroatoms. The van der Waals surface area contributed by atoms with Gasteiger partial charge < -0.3 is 9.47 Å². The first kappa shape index (κ1) is 13.6. The maximum absolute atomic E-state index is 12.1. The average Bonchev–Trinajstić information content (AvgIpc) is 3.02. The van der Waals surface area contributed by atoms with Crippen molar-refractivity contribution in [1.82, 2.24) is 0 Å². The Kier molecular flexibility index (Phi) is 4.20. The Bertz CT molecular complexity index is 386. The van der Waals surface area contributed by atoms with Gasteiger partial charge in [-0.15, -0.1) is 0 Å². The van der Waals surface area contributed by atoms with E-state index in [0.717, 1.165) is 6.42 Å². The molecule has 4 nitrogen and oxygen atoms in total. The summed E-state index contributed by atoms with van der Waals surface area (Å²) in [6.07, 6.45) is 7.86. The van der Waals surface area contributed by atoms with Crippen molar-refractivity contribution >= 4 is 11.9 Å². The molecule has 0 aromatic rings. The van der Waals surface area contributed by atoms with Crippen molar-refractivity contribution in [3.8, 4) is 0 Å². The normalized spacial score (nSPS) is 30.9. The molecule has 0 saturated heterocycles. The monoisotopic (exact) mass is 262 g/mol. The summed E-state index contributed by atoms with van der Waals surface area (Å²) >= 11 is 0. The van der Waals surface area contributed by atoms with Crippen molar-refractivity contribution < 1.29 is 19.1 Å². The first-order valence-corrected chi connectivity index (χ1v) is 6.42. The molecule has 4 atom stereocenters. The summed E-state index contributed by atoms with van der Waals surface area (Å²) in [5, 5.41) is 0. The van der Waals surface area contributed by atoms with Gasteiger partial charge in [0, 0.05) is 0 Å². The van der Waals surface area contributed by atoms with Gasteiger partial charge in [0.25, 0.3) is 0 Å². The molecule has 0 aromatic carbocycles. The number of carbonyl (C=O) groups is 2. The minimum Gasteiger partial charge on any atom is -0.461 e. The van der Waals surface area contributed by atoms with Crippen LogP contribution in [0.2, 0.25) is 0 Å². The van der Waals surface area contributed by atoms with Crippen LogP contribution in [0.1, 0.15) is 6.42 Å². The van der Waals surface area contributed by atoms with Crippen molar-refractivity contribution in [2.45, 2.75) is 6.42 Å². The van der Waals surface area contributed by atoms with E-state index in [1.807, 2.05) is 12.2 Å². The van der Waals surface area contributed by atoms with Gasteiger partial charge in [0.2, 0.25) is 0 Å². The zero-order valence-corrected chi connectivity index (χ0v) is 10.8. The van der Waals surface area contributed by atoms with Crippen LogP contribution >= 0.6 is 0 Å². The molecule has 0 spiro atoms. The fourth-order valence-corrected chi connectivity index (χ4v) is 2.94. The van der Waals surface area contributed by atoms with Crippen LogP contribution in [0.4, 0.5) is 0 Å². The Balaban J connectivity index is 2.08. The van der Waals surface area contributed by atoms with E-state index in [1.54, 1.807) is 0 Å². The van der Waals surface area contributed by atoms with Crippen molar-refractivity contribution in [2.75, 3.05) is 13.2 Å². The summed E-state index contributed by atoms with van der Waals surface area (Å²) < 4.78 is 10.2. The molecule has 2 aliphatic rings. The molecule has 2 aliphatic carbocycles. The minimum absolute atomic E-state index is 0.0867. The van der Waals surface area contributed by atoms with Gasteiger partial charge in [0.05, 0.1) is 11.8 Å². The minimum atomic E-state index is -0.424. The molecule has 0 unspecified atom stereocenters. The highest BCUT2D eigenvalue weighted by atomic mass is 16.5. The third-order valence-corrected chi connectivity index (χ3v) is 3.69. The molecular formula is C15H18O4. The fourth-order valence-electron chi connectivity index (χ4n) is 2.94. The summed E-state index contributed by atoms with van der Waals surface area (Å²) in [7, 11) is 0. The Morgan fingerprint density at radius 1 is 1.00 bits per heavy atom.